The Bertz CT molecular complexity index is 948. The number of pyridine rings is 1. The Morgan fingerprint density at radius 3 is 2.88 bits per heavy atom. The summed E-state index contributed by atoms with van der Waals surface area (Å²) >= 11 is 11.8. The third-order valence-corrected chi connectivity index (χ3v) is 3.88. The van der Waals surface area contributed by atoms with Crippen LogP contribution in [0, 0.1) is 12.7 Å². The molecule has 0 spiro atoms. The number of imidazole rings is 1. The van der Waals surface area contributed by atoms with Crippen LogP contribution in [0.5, 0.6) is 0 Å². The molecular weight excluding hydrogens is 354 g/mol. The molecule has 1 amide bonds. The number of aryl methyl sites for hydroxylation is 1. The summed E-state index contributed by atoms with van der Waals surface area (Å²) in [6.45, 7) is 1.70. The van der Waals surface area contributed by atoms with E-state index in [1.54, 1.807) is 29.7 Å². The number of fused-ring (bicyclic) bond motifs is 1. The van der Waals surface area contributed by atoms with Gasteiger partial charge in [-0.2, -0.15) is 5.10 Å². The summed E-state index contributed by atoms with van der Waals surface area (Å²) < 4.78 is 15.2. The van der Waals surface area contributed by atoms with Crippen molar-refractivity contribution in [2.45, 2.75) is 6.92 Å². The second kappa shape index (κ2) is 6.59. The molecule has 0 bridgehead atoms. The highest BCUT2D eigenvalue weighted by Gasteiger charge is 2.16. The second-order valence-corrected chi connectivity index (χ2v) is 5.80. The predicted molar refractivity (Wildman–Crippen MR) is 91.4 cm³/mol. The molecule has 8 heteroatoms. The third kappa shape index (κ3) is 3.11. The summed E-state index contributed by atoms with van der Waals surface area (Å²) in [5, 5.41) is 4.43. The molecule has 0 radical (unpaired) electrons. The maximum absolute atomic E-state index is 13.6. The van der Waals surface area contributed by atoms with Gasteiger partial charge < -0.3 is 0 Å². The minimum absolute atomic E-state index is 0.0948. The first-order chi connectivity index (χ1) is 11.5. The van der Waals surface area contributed by atoms with Crippen molar-refractivity contribution in [2.75, 3.05) is 0 Å². The molecule has 24 heavy (non-hydrogen) atoms. The van der Waals surface area contributed by atoms with E-state index < -0.39 is 11.7 Å². The molecule has 2 aromatic heterocycles. The quantitative estimate of drug-likeness (QED) is 0.566. The summed E-state index contributed by atoms with van der Waals surface area (Å²) in [7, 11) is 0. The van der Waals surface area contributed by atoms with Crippen molar-refractivity contribution >= 4 is 41.0 Å². The van der Waals surface area contributed by atoms with Crippen LogP contribution < -0.4 is 5.43 Å². The fraction of sp³-hybridized carbons (Fsp3) is 0.0625. The number of hydrogen-bond donors (Lipinski definition) is 1. The Labute approximate surface area is 146 Å². The fourth-order valence-corrected chi connectivity index (χ4v) is 2.62. The number of rotatable bonds is 3. The Balaban J connectivity index is 1.87. The van der Waals surface area contributed by atoms with Crippen LogP contribution in [0.2, 0.25) is 10.0 Å². The summed E-state index contributed by atoms with van der Waals surface area (Å²) in [5.41, 5.74) is 3.84. The van der Waals surface area contributed by atoms with Crippen molar-refractivity contribution in [3.63, 3.8) is 0 Å². The van der Waals surface area contributed by atoms with Crippen LogP contribution in [0.1, 0.15) is 21.7 Å². The van der Waals surface area contributed by atoms with E-state index in [9.17, 15) is 9.18 Å². The van der Waals surface area contributed by atoms with Gasteiger partial charge in [0.1, 0.15) is 17.2 Å². The first kappa shape index (κ1) is 16.4. The van der Waals surface area contributed by atoms with E-state index in [0.717, 1.165) is 6.21 Å². The minimum Gasteiger partial charge on any atom is -0.294 e. The number of nitrogens with one attached hydrogen (secondary N) is 1. The average molecular weight is 365 g/mol. The highest BCUT2D eigenvalue weighted by molar-refractivity contribution is 6.33. The summed E-state index contributed by atoms with van der Waals surface area (Å²) in [4.78, 5) is 16.6. The first-order valence-electron chi connectivity index (χ1n) is 6.89. The largest absolute Gasteiger partial charge is 0.294 e. The molecule has 122 valence electrons. The lowest BCUT2D eigenvalue weighted by Gasteiger charge is -2.03. The van der Waals surface area contributed by atoms with E-state index in [0.29, 0.717) is 22.1 Å². The zero-order valence-corrected chi connectivity index (χ0v) is 13.9. The molecule has 0 fully saturated rings. The molecule has 0 aliphatic rings. The number of hydrazone groups is 1. The van der Waals surface area contributed by atoms with E-state index in [4.69, 9.17) is 23.2 Å². The average Bonchev–Trinajstić information content (AvgIpc) is 2.85. The SMILES string of the molecule is Cc1nc2ccc(Cl)cn2c1C(=O)N/N=C/c1c(F)cccc1Cl. The van der Waals surface area contributed by atoms with E-state index in [-0.39, 0.29) is 10.6 Å². The zero-order chi connectivity index (χ0) is 17.3. The van der Waals surface area contributed by atoms with Gasteiger partial charge in [0, 0.05) is 11.8 Å². The van der Waals surface area contributed by atoms with Crippen molar-refractivity contribution in [3.8, 4) is 0 Å². The molecule has 1 aromatic carbocycles. The van der Waals surface area contributed by atoms with Crippen LogP contribution in [0.3, 0.4) is 0 Å². The molecular formula is C16H11Cl2FN4O. The van der Waals surface area contributed by atoms with Crippen molar-refractivity contribution in [1.29, 1.82) is 0 Å². The topological polar surface area (TPSA) is 58.8 Å². The Morgan fingerprint density at radius 1 is 1.33 bits per heavy atom. The molecule has 0 unspecified atom stereocenters. The van der Waals surface area contributed by atoms with Gasteiger partial charge in [-0.25, -0.2) is 14.8 Å². The van der Waals surface area contributed by atoms with Gasteiger partial charge in [-0.1, -0.05) is 29.3 Å². The van der Waals surface area contributed by atoms with Crippen molar-refractivity contribution in [2.24, 2.45) is 5.10 Å². The molecule has 0 saturated carbocycles. The highest BCUT2D eigenvalue weighted by Crippen LogP contribution is 2.17. The molecule has 0 atom stereocenters. The lowest BCUT2D eigenvalue weighted by atomic mass is 10.2. The second-order valence-electron chi connectivity index (χ2n) is 4.96. The van der Waals surface area contributed by atoms with E-state index >= 15 is 0 Å². The highest BCUT2D eigenvalue weighted by atomic mass is 35.5. The maximum atomic E-state index is 13.6. The zero-order valence-electron chi connectivity index (χ0n) is 12.4. The van der Waals surface area contributed by atoms with Crippen LogP contribution in [-0.4, -0.2) is 21.5 Å². The van der Waals surface area contributed by atoms with Crippen LogP contribution in [0.25, 0.3) is 5.65 Å². The predicted octanol–water partition coefficient (Wildman–Crippen LogP) is 3.85. The molecule has 3 aromatic rings. The van der Waals surface area contributed by atoms with Crippen molar-refractivity contribution < 1.29 is 9.18 Å². The number of aromatic nitrogens is 2. The first-order valence-corrected chi connectivity index (χ1v) is 7.64. The van der Waals surface area contributed by atoms with Crippen LogP contribution >= 0.6 is 23.2 Å². The lowest BCUT2D eigenvalue weighted by Crippen LogP contribution is -2.20. The van der Waals surface area contributed by atoms with Gasteiger partial charge in [0.15, 0.2) is 0 Å². The van der Waals surface area contributed by atoms with Crippen molar-refractivity contribution in [1.82, 2.24) is 14.8 Å². The number of carbonyl (C=O) groups excluding carboxylic acids is 1. The van der Waals surface area contributed by atoms with E-state index in [1.807, 2.05) is 0 Å². The third-order valence-electron chi connectivity index (χ3n) is 3.33. The van der Waals surface area contributed by atoms with Crippen LogP contribution in [-0.2, 0) is 0 Å². The molecule has 3 rings (SSSR count). The van der Waals surface area contributed by atoms with E-state index in [1.165, 1.54) is 18.2 Å². The van der Waals surface area contributed by atoms with Gasteiger partial charge in [0.2, 0.25) is 0 Å². The van der Waals surface area contributed by atoms with Gasteiger partial charge in [-0.15, -0.1) is 0 Å². The van der Waals surface area contributed by atoms with Gasteiger partial charge in [-0.05, 0) is 31.2 Å². The standard InChI is InChI=1S/C16H11Cl2FN4O/c1-9-15(23-8-10(17)5-6-14(23)21-9)16(24)22-20-7-11-12(18)3-2-4-13(11)19/h2-8H,1H3,(H,22,24)/b20-7+. The van der Waals surface area contributed by atoms with Crippen LogP contribution in [0.15, 0.2) is 41.6 Å². The molecule has 1 N–H and O–H groups in total. The van der Waals surface area contributed by atoms with Gasteiger partial charge in [-0.3, -0.25) is 9.20 Å². The number of halogens is 3. The summed E-state index contributed by atoms with van der Waals surface area (Å²) in [6, 6.07) is 7.66. The molecule has 5 nitrogen and oxygen atoms in total. The van der Waals surface area contributed by atoms with E-state index in [2.05, 4.69) is 15.5 Å². The summed E-state index contributed by atoms with van der Waals surface area (Å²) in [5.74, 6) is -1.02. The monoisotopic (exact) mass is 364 g/mol. The number of nitrogens with zero attached hydrogens (tertiary/aromatic N) is 3. The lowest BCUT2D eigenvalue weighted by molar-refractivity contribution is 0.0948. The van der Waals surface area contributed by atoms with Crippen molar-refractivity contribution in [3.05, 3.63) is 69.3 Å². The van der Waals surface area contributed by atoms with Gasteiger partial charge in [0.25, 0.3) is 5.91 Å². The Morgan fingerprint density at radius 2 is 2.12 bits per heavy atom. The maximum Gasteiger partial charge on any atom is 0.290 e. The Hall–Kier alpha value is -2.44. The normalized spacial score (nSPS) is 11.3. The number of carbonyl (C=O) groups is 1. The Kier molecular flexibility index (Phi) is 4.51. The fourth-order valence-electron chi connectivity index (χ4n) is 2.25. The smallest absolute Gasteiger partial charge is 0.290 e. The van der Waals surface area contributed by atoms with Gasteiger partial charge >= 0.3 is 0 Å². The van der Waals surface area contributed by atoms with Crippen LogP contribution in [0.4, 0.5) is 4.39 Å². The molecule has 0 aliphatic carbocycles. The molecule has 0 aliphatic heterocycles. The molecule has 2 heterocycles. The minimum atomic E-state index is -0.529. The number of amides is 1. The summed E-state index contributed by atoms with van der Waals surface area (Å²) in [6.07, 6.45) is 2.74. The van der Waals surface area contributed by atoms with Gasteiger partial charge in [0.05, 0.1) is 22.0 Å². The number of hydrogen-bond acceptors (Lipinski definition) is 3. The molecule has 0 saturated heterocycles. The number of benzene rings is 1.